The van der Waals surface area contributed by atoms with Crippen LogP contribution in [-0.4, -0.2) is 16.6 Å². The van der Waals surface area contributed by atoms with Crippen molar-refractivity contribution in [2.24, 2.45) is 11.8 Å². The molecule has 1 aliphatic rings. The minimum atomic E-state index is 0.663. The molecule has 1 aromatic rings. The quantitative estimate of drug-likeness (QED) is 0.847. The predicted molar refractivity (Wildman–Crippen MR) is 66.2 cm³/mol. The van der Waals surface area contributed by atoms with E-state index < -0.39 is 0 Å². The largest absolute Gasteiger partial charge is 0.330 e. The third-order valence-corrected chi connectivity index (χ3v) is 4.17. The maximum Gasteiger partial charge on any atom is 0.0951 e. The van der Waals surface area contributed by atoms with Gasteiger partial charge in [-0.3, -0.25) is 0 Å². The number of rotatable bonds is 4. The minimum absolute atomic E-state index is 0.663. The highest BCUT2D eigenvalue weighted by molar-refractivity contribution is 5.02. The van der Waals surface area contributed by atoms with Gasteiger partial charge in [-0.2, -0.15) is 0 Å². The molecular formula is C13H23N3. The van der Waals surface area contributed by atoms with Gasteiger partial charge in [0.25, 0.3) is 0 Å². The Bertz CT molecular complexity index is 332. The lowest BCUT2D eigenvalue weighted by Crippen LogP contribution is -2.19. The molecule has 0 aliphatic heterocycles. The summed E-state index contributed by atoms with van der Waals surface area (Å²) in [6.45, 7) is 5.63. The number of nitrogens with zero attached hydrogens (tertiary/aromatic N) is 2. The Kier molecular flexibility index (Phi) is 3.64. The van der Waals surface area contributed by atoms with Gasteiger partial charge in [-0.25, -0.2) is 4.98 Å². The van der Waals surface area contributed by atoms with Crippen molar-refractivity contribution in [1.82, 2.24) is 14.9 Å². The van der Waals surface area contributed by atoms with Crippen molar-refractivity contribution >= 4 is 0 Å². The summed E-state index contributed by atoms with van der Waals surface area (Å²) in [5.74, 6) is 1.68. The van der Waals surface area contributed by atoms with Crippen LogP contribution < -0.4 is 5.32 Å². The van der Waals surface area contributed by atoms with E-state index in [0.717, 1.165) is 18.4 Å². The van der Waals surface area contributed by atoms with Gasteiger partial charge in [-0.1, -0.05) is 20.3 Å². The van der Waals surface area contributed by atoms with Crippen LogP contribution in [0.5, 0.6) is 0 Å². The predicted octanol–water partition coefficient (Wildman–Crippen LogP) is 2.60. The normalized spacial score (nSPS) is 29.8. The molecule has 0 radical (unpaired) electrons. The first-order chi connectivity index (χ1) is 7.77. The van der Waals surface area contributed by atoms with Gasteiger partial charge in [-0.15, -0.1) is 0 Å². The van der Waals surface area contributed by atoms with Crippen molar-refractivity contribution in [3.63, 3.8) is 0 Å². The Hall–Kier alpha value is -0.830. The third-order valence-electron chi connectivity index (χ3n) is 4.17. The monoisotopic (exact) mass is 221 g/mol. The van der Waals surface area contributed by atoms with Crippen molar-refractivity contribution in [3.8, 4) is 0 Å². The molecule has 3 atom stereocenters. The van der Waals surface area contributed by atoms with Crippen LogP contribution in [0.4, 0.5) is 0 Å². The van der Waals surface area contributed by atoms with E-state index in [1.54, 1.807) is 0 Å². The van der Waals surface area contributed by atoms with Gasteiger partial charge < -0.3 is 9.88 Å². The lowest BCUT2D eigenvalue weighted by atomic mass is 9.93. The average Bonchev–Trinajstić information content (AvgIpc) is 2.85. The van der Waals surface area contributed by atoms with Crippen LogP contribution in [0.15, 0.2) is 12.5 Å². The van der Waals surface area contributed by atoms with Crippen LogP contribution in [0.1, 0.15) is 44.8 Å². The van der Waals surface area contributed by atoms with E-state index in [2.05, 4.69) is 28.7 Å². The first-order valence-electron chi connectivity index (χ1n) is 6.43. The van der Waals surface area contributed by atoms with Crippen LogP contribution in [-0.2, 0) is 6.54 Å². The third kappa shape index (κ3) is 2.01. The van der Waals surface area contributed by atoms with Gasteiger partial charge in [-0.05, 0) is 31.7 Å². The van der Waals surface area contributed by atoms with Gasteiger partial charge in [0, 0.05) is 18.8 Å². The highest BCUT2D eigenvalue weighted by atomic mass is 15.1. The lowest BCUT2D eigenvalue weighted by molar-refractivity contribution is 0.324. The van der Waals surface area contributed by atoms with Gasteiger partial charge in [0.05, 0.1) is 12.0 Å². The molecule has 1 saturated carbocycles. The number of nitrogens with one attached hydrogen (secondary N) is 1. The smallest absolute Gasteiger partial charge is 0.0951 e. The van der Waals surface area contributed by atoms with E-state index in [4.69, 9.17) is 0 Å². The fourth-order valence-electron chi connectivity index (χ4n) is 3.14. The van der Waals surface area contributed by atoms with Crippen LogP contribution >= 0.6 is 0 Å². The second-order valence-electron chi connectivity index (χ2n) is 4.99. The molecule has 0 amide bonds. The highest BCUT2D eigenvalue weighted by Crippen LogP contribution is 2.42. The Labute approximate surface area is 98.3 Å². The van der Waals surface area contributed by atoms with E-state index in [9.17, 15) is 0 Å². The summed E-state index contributed by atoms with van der Waals surface area (Å²) in [5.41, 5.74) is 1.32. The molecule has 1 aliphatic carbocycles. The molecule has 0 saturated heterocycles. The maximum atomic E-state index is 4.29. The maximum absolute atomic E-state index is 4.29. The Morgan fingerprint density at radius 3 is 2.94 bits per heavy atom. The minimum Gasteiger partial charge on any atom is -0.330 e. The fraction of sp³-hybridized carbons (Fsp3) is 0.769. The molecule has 3 nitrogen and oxygen atoms in total. The Morgan fingerprint density at radius 1 is 1.50 bits per heavy atom. The van der Waals surface area contributed by atoms with Crippen molar-refractivity contribution in [3.05, 3.63) is 18.2 Å². The van der Waals surface area contributed by atoms with Crippen LogP contribution in [0.2, 0.25) is 0 Å². The number of aromatic nitrogens is 2. The number of hydrogen-bond donors (Lipinski definition) is 1. The van der Waals surface area contributed by atoms with E-state index in [0.29, 0.717) is 6.04 Å². The highest BCUT2D eigenvalue weighted by Gasteiger charge is 2.33. The first-order valence-corrected chi connectivity index (χ1v) is 6.43. The Balaban J connectivity index is 2.15. The molecule has 3 unspecified atom stereocenters. The van der Waals surface area contributed by atoms with E-state index in [1.807, 2.05) is 19.6 Å². The lowest BCUT2D eigenvalue weighted by Gasteiger charge is -2.23. The summed E-state index contributed by atoms with van der Waals surface area (Å²) >= 11 is 0. The molecule has 90 valence electrons. The topological polar surface area (TPSA) is 29.9 Å². The molecule has 3 heteroatoms. The number of hydrogen-bond acceptors (Lipinski definition) is 2. The molecule has 2 rings (SSSR count). The zero-order valence-corrected chi connectivity index (χ0v) is 10.6. The molecule has 0 bridgehead atoms. The molecule has 0 aromatic carbocycles. The molecule has 1 heterocycles. The second-order valence-corrected chi connectivity index (χ2v) is 4.99. The van der Waals surface area contributed by atoms with Gasteiger partial charge >= 0.3 is 0 Å². The molecule has 1 aromatic heterocycles. The van der Waals surface area contributed by atoms with Crippen LogP contribution in [0.3, 0.4) is 0 Å². The first kappa shape index (κ1) is 11.6. The second kappa shape index (κ2) is 5.00. The van der Waals surface area contributed by atoms with Gasteiger partial charge in [0.2, 0.25) is 0 Å². The van der Waals surface area contributed by atoms with E-state index in [-0.39, 0.29) is 0 Å². The zero-order chi connectivity index (χ0) is 11.5. The summed E-state index contributed by atoms with van der Waals surface area (Å²) in [6, 6.07) is 0.663. The molecule has 1 fully saturated rings. The number of imidazole rings is 1. The van der Waals surface area contributed by atoms with Gasteiger partial charge in [0.1, 0.15) is 0 Å². The Morgan fingerprint density at radius 2 is 2.31 bits per heavy atom. The summed E-state index contributed by atoms with van der Waals surface area (Å²) in [7, 11) is 1.99. The zero-order valence-electron chi connectivity index (χ0n) is 10.6. The fourth-order valence-corrected chi connectivity index (χ4v) is 3.14. The standard InChI is InChI=1S/C13H23N3/c1-4-11-5-6-13(10(11)2)16-9-15-8-12(16)7-14-3/h8-11,13-14H,4-7H2,1-3H3. The van der Waals surface area contributed by atoms with Crippen molar-refractivity contribution in [2.75, 3.05) is 7.05 Å². The molecule has 16 heavy (non-hydrogen) atoms. The molecule has 1 N–H and O–H groups in total. The van der Waals surface area contributed by atoms with Crippen LogP contribution in [0.25, 0.3) is 0 Å². The summed E-state index contributed by atoms with van der Waals surface area (Å²) < 4.78 is 2.39. The summed E-state index contributed by atoms with van der Waals surface area (Å²) in [5, 5.41) is 3.21. The average molecular weight is 221 g/mol. The molecule has 0 spiro atoms. The SMILES string of the molecule is CCC1CCC(n2cncc2CNC)C1C. The van der Waals surface area contributed by atoms with E-state index in [1.165, 1.54) is 25.0 Å². The summed E-state index contributed by atoms with van der Waals surface area (Å²) in [4.78, 5) is 4.29. The van der Waals surface area contributed by atoms with Crippen molar-refractivity contribution in [1.29, 1.82) is 0 Å². The van der Waals surface area contributed by atoms with Gasteiger partial charge in [0.15, 0.2) is 0 Å². The van der Waals surface area contributed by atoms with E-state index >= 15 is 0 Å². The van der Waals surface area contributed by atoms with Crippen molar-refractivity contribution in [2.45, 2.75) is 45.7 Å². The molecular weight excluding hydrogens is 198 g/mol. The van der Waals surface area contributed by atoms with Crippen molar-refractivity contribution < 1.29 is 0 Å². The van der Waals surface area contributed by atoms with Crippen LogP contribution in [0, 0.1) is 11.8 Å². The summed E-state index contributed by atoms with van der Waals surface area (Å²) in [6.07, 6.45) is 7.99.